The third-order valence-corrected chi connectivity index (χ3v) is 6.24. The van der Waals surface area contributed by atoms with Crippen LogP contribution >= 0.6 is 38.5 Å². The number of nitrogens with one attached hydrogen (secondary N) is 2. The van der Waals surface area contributed by atoms with Crippen LogP contribution in [-0.2, 0) is 29.5 Å². The molecule has 1 aromatic heterocycles. The third-order valence-electron chi connectivity index (χ3n) is 4.48. The first-order valence-electron chi connectivity index (χ1n) is 9.43. The lowest BCUT2D eigenvalue weighted by molar-refractivity contribution is -0.123. The number of hydrogen-bond acceptors (Lipinski definition) is 3. The first-order valence-corrected chi connectivity index (χ1v) is 11.3. The van der Waals surface area contributed by atoms with Crippen molar-refractivity contribution in [3.8, 4) is 0 Å². The smallest absolute Gasteiger partial charge is 0.226 e. The number of halogens is 4. The second-order valence-electron chi connectivity index (χ2n) is 7.44. The Balaban J connectivity index is 1.97. The molecule has 10 heteroatoms. The van der Waals surface area contributed by atoms with Gasteiger partial charge >= 0.3 is 0 Å². The maximum atomic E-state index is 14.0. The highest BCUT2D eigenvalue weighted by atomic mass is 127. The molecule has 0 radical (unpaired) electrons. The van der Waals surface area contributed by atoms with Gasteiger partial charge in [-0.2, -0.15) is 5.10 Å². The highest BCUT2D eigenvalue weighted by Crippen LogP contribution is 2.24. The van der Waals surface area contributed by atoms with E-state index in [9.17, 15) is 18.4 Å². The summed E-state index contributed by atoms with van der Waals surface area (Å²) in [5, 5.41) is 9.78. The summed E-state index contributed by atoms with van der Waals surface area (Å²) in [6, 6.07) is 1.66. The average molecular weight is 597 g/mol. The Labute approximate surface area is 196 Å². The van der Waals surface area contributed by atoms with E-state index in [-0.39, 0.29) is 47.3 Å². The molecule has 2 N–H and O–H groups in total. The van der Waals surface area contributed by atoms with Crippen LogP contribution in [-0.4, -0.2) is 34.2 Å². The normalized spacial score (nSPS) is 12.1. The zero-order valence-electron chi connectivity index (χ0n) is 16.9. The number of nitrogens with zero attached hydrogens (tertiary/aromatic N) is 2. The summed E-state index contributed by atoms with van der Waals surface area (Å²) in [5.74, 6) is -1.64. The quantitative estimate of drug-likeness (QED) is 0.344. The lowest BCUT2D eigenvalue weighted by Crippen LogP contribution is -2.45. The van der Waals surface area contributed by atoms with E-state index in [1.165, 1.54) is 0 Å². The second kappa shape index (κ2) is 11.2. The number of aromatic nitrogens is 2. The minimum atomic E-state index is -0.655. The van der Waals surface area contributed by atoms with Crippen molar-refractivity contribution in [2.45, 2.75) is 39.2 Å². The van der Waals surface area contributed by atoms with Gasteiger partial charge in [0.1, 0.15) is 11.6 Å². The zero-order chi connectivity index (χ0) is 22.4. The summed E-state index contributed by atoms with van der Waals surface area (Å²) in [4.78, 5) is 24.8. The summed E-state index contributed by atoms with van der Waals surface area (Å²) in [6.45, 7) is 4.24. The van der Waals surface area contributed by atoms with Gasteiger partial charge in [0, 0.05) is 25.2 Å². The Morgan fingerprint density at radius 2 is 1.87 bits per heavy atom. The Kier molecular flexibility index (Phi) is 9.20. The van der Waals surface area contributed by atoms with Gasteiger partial charge in [0.05, 0.1) is 32.8 Å². The molecule has 0 aliphatic rings. The number of aryl methyl sites for hydroxylation is 1. The van der Waals surface area contributed by atoms with Crippen molar-refractivity contribution in [1.82, 2.24) is 20.4 Å². The van der Waals surface area contributed by atoms with Gasteiger partial charge in [-0.05, 0) is 63.0 Å². The first kappa shape index (κ1) is 24.7. The highest BCUT2D eigenvalue weighted by molar-refractivity contribution is 14.1. The average Bonchev–Trinajstić information content (AvgIpc) is 2.98. The van der Waals surface area contributed by atoms with E-state index in [0.717, 1.165) is 21.4 Å². The molecule has 1 aromatic carbocycles. The summed E-state index contributed by atoms with van der Waals surface area (Å²) in [7, 11) is 1.77. The van der Waals surface area contributed by atoms with Crippen molar-refractivity contribution in [3.05, 3.63) is 49.3 Å². The van der Waals surface area contributed by atoms with Crippen molar-refractivity contribution < 1.29 is 18.4 Å². The molecule has 0 saturated carbocycles. The van der Waals surface area contributed by atoms with E-state index in [2.05, 4.69) is 54.3 Å². The van der Waals surface area contributed by atoms with Crippen molar-refractivity contribution in [1.29, 1.82) is 0 Å². The van der Waals surface area contributed by atoms with Gasteiger partial charge in [-0.25, -0.2) is 8.78 Å². The van der Waals surface area contributed by atoms with E-state index < -0.39 is 17.5 Å². The molecule has 1 atom stereocenters. The van der Waals surface area contributed by atoms with Crippen LogP contribution in [0.3, 0.4) is 0 Å². The number of carbonyl (C=O) groups excluding carboxylic acids is 2. The Morgan fingerprint density at radius 3 is 2.47 bits per heavy atom. The van der Waals surface area contributed by atoms with Gasteiger partial charge in [0.25, 0.3) is 0 Å². The number of hydrogen-bond donors (Lipinski definition) is 2. The SMILES string of the molecule is CC(C)CC(CNC(=O)Cc1c(I)cnn1C)NC(=O)Cc1c(F)ccc(F)c1Br. The van der Waals surface area contributed by atoms with E-state index in [4.69, 9.17) is 0 Å². The molecule has 6 nitrogen and oxygen atoms in total. The first-order chi connectivity index (χ1) is 14.1. The van der Waals surface area contributed by atoms with Gasteiger partial charge in [-0.3, -0.25) is 14.3 Å². The molecule has 0 aliphatic heterocycles. The molecule has 0 aliphatic carbocycles. The number of benzene rings is 1. The maximum Gasteiger partial charge on any atom is 0.226 e. The van der Waals surface area contributed by atoms with Crippen LogP contribution in [0.1, 0.15) is 31.5 Å². The summed E-state index contributed by atoms with van der Waals surface area (Å²) in [6.07, 6.45) is 2.19. The lowest BCUT2D eigenvalue weighted by atomic mass is 10.0. The van der Waals surface area contributed by atoms with E-state index in [1.54, 1.807) is 17.9 Å². The van der Waals surface area contributed by atoms with E-state index in [1.807, 2.05) is 13.8 Å². The molecular weight excluding hydrogens is 573 g/mol. The van der Waals surface area contributed by atoms with Gasteiger partial charge in [0.15, 0.2) is 0 Å². The molecule has 0 bridgehead atoms. The molecule has 1 heterocycles. The number of rotatable bonds is 9. The molecule has 30 heavy (non-hydrogen) atoms. The summed E-state index contributed by atoms with van der Waals surface area (Å²) >= 11 is 5.12. The predicted molar refractivity (Wildman–Crippen MR) is 122 cm³/mol. The molecule has 2 amide bonds. The monoisotopic (exact) mass is 596 g/mol. The van der Waals surface area contributed by atoms with Gasteiger partial charge in [-0.15, -0.1) is 0 Å². The van der Waals surface area contributed by atoms with Gasteiger partial charge in [-0.1, -0.05) is 13.8 Å². The van der Waals surface area contributed by atoms with Crippen molar-refractivity contribution in [3.63, 3.8) is 0 Å². The molecule has 0 fully saturated rings. The standard InChI is InChI=1S/C20H24BrF2IN4O2/c1-11(2)6-12(9-25-18(29)8-17-16(24)10-26-28(17)3)27-19(30)7-13-14(22)4-5-15(23)20(13)21/h4-5,10-12H,6-9H2,1-3H3,(H,25,29)(H,27,30). The van der Waals surface area contributed by atoms with E-state index in [0.29, 0.717) is 6.42 Å². The molecular formula is C20H24BrF2IN4O2. The molecule has 0 saturated heterocycles. The summed E-state index contributed by atoms with van der Waals surface area (Å²) in [5.41, 5.74) is 0.773. The van der Waals surface area contributed by atoms with Crippen LogP contribution < -0.4 is 10.6 Å². The third kappa shape index (κ3) is 7.00. The van der Waals surface area contributed by atoms with Crippen molar-refractivity contribution in [2.75, 3.05) is 6.54 Å². The predicted octanol–water partition coefficient (Wildman–Crippen LogP) is 3.50. The van der Waals surface area contributed by atoms with Crippen LogP contribution in [0, 0.1) is 21.1 Å². The van der Waals surface area contributed by atoms with Gasteiger partial charge in [0.2, 0.25) is 11.8 Å². The number of carbonyl (C=O) groups is 2. The van der Waals surface area contributed by atoms with Crippen LogP contribution in [0.2, 0.25) is 0 Å². The second-order valence-corrected chi connectivity index (χ2v) is 9.39. The molecule has 1 unspecified atom stereocenters. The Bertz CT molecular complexity index is 901. The van der Waals surface area contributed by atoms with Crippen molar-refractivity contribution in [2.24, 2.45) is 13.0 Å². The van der Waals surface area contributed by atoms with Crippen LogP contribution in [0.4, 0.5) is 8.78 Å². The Hall–Kier alpha value is -1.56. The van der Waals surface area contributed by atoms with Crippen molar-refractivity contribution >= 4 is 50.3 Å². The van der Waals surface area contributed by atoms with Crippen LogP contribution in [0.15, 0.2) is 22.8 Å². The Morgan fingerprint density at radius 1 is 1.20 bits per heavy atom. The molecule has 2 rings (SSSR count). The fraction of sp³-hybridized carbons (Fsp3) is 0.450. The van der Waals surface area contributed by atoms with Gasteiger partial charge < -0.3 is 10.6 Å². The fourth-order valence-corrected chi connectivity index (χ4v) is 4.15. The fourth-order valence-electron chi connectivity index (χ4n) is 3.02. The minimum Gasteiger partial charge on any atom is -0.354 e. The molecule has 2 aromatic rings. The topological polar surface area (TPSA) is 76.0 Å². The summed E-state index contributed by atoms with van der Waals surface area (Å²) < 4.78 is 30.2. The minimum absolute atomic E-state index is 0.0365. The molecule has 164 valence electrons. The van der Waals surface area contributed by atoms with Crippen LogP contribution in [0.25, 0.3) is 0 Å². The maximum absolute atomic E-state index is 14.0. The number of amides is 2. The van der Waals surface area contributed by atoms with E-state index >= 15 is 0 Å². The zero-order valence-corrected chi connectivity index (χ0v) is 20.7. The largest absolute Gasteiger partial charge is 0.354 e. The highest BCUT2D eigenvalue weighted by Gasteiger charge is 2.20. The molecule has 0 spiro atoms. The lowest BCUT2D eigenvalue weighted by Gasteiger charge is -2.21. The van der Waals surface area contributed by atoms with Crippen LogP contribution in [0.5, 0.6) is 0 Å².